The van der Waals surface area contributed by atoms with Crippen molar-refractivity contribution in [2.45, 2.75) is 38.8 Å². The molecule has 0 spiro atoms. The molecule has 0 amide bonds. The number of likely N-dealkylation sites (tertiary alicyclic amines) is 1. The van der Waals surface area contributed by atoms with Gasteiger partial charge in [0, 0.05) is 28.4 Å². The molecule has 2 rings (SSSR count). The number of thiophene rings is 1. The second-order valence-electron chi connectivity index (χ2n) is 4.52. The van der Waals surface area contributed by atoms with E-state index in [1.54, 1.807) is 0 Å². The van der Waals surface area contributed by atoms with E-state index in [4.69, 9.17) is 5.73 Å². The summed E-state index contributed by atoms with van der Waals surface area (Å²) in [4.78, 5) is 5.39. The minimum atomic E-state index is 0.377. The van der Waals surface area contributed by atoms with E-state index < -0.39 is 0 Å². The van der Waals surface area contributed by atoms with E-state index in [1.165, 1.54) is 29.1 Å². The largest absolute Gasteiger partial charge is 0.327 e. The molecule has 1 saturated heterocycles. The van der Waals surface area contributed by atoms with Crippen LogP contribution in [0.15, 0.2) is 12.1 Å². The molecule has 0 aliphatic carbocycles. The predicted molar refractivity (Wildman–Crippen MR) is 66.3 cm³/mol. The molecule has 2 atom stereocenters. The summed E-state index contributed by atoms with van der Waals surface area (Å²) in [7, 11) is 0. The Morgan fingerprint density at radius 3 is 2.93 bits per heavy atom. The SMILES string of the molecule is Cc1ccc(C(C)N2CCCC(N)C2)s1. The minimum absolute atomic E-state index is 0.377. The number of nitrogens with two attached hydrogens (primary N) is 1. The molecule has 84 valence electrons. The van der Waals surface area contributed by atoms with Crippen molar-refractivity contribution < 1.29 is 0 Å². The third-order valence-corrected chi connectivity index (χ3v) is 4.38. The molecule has 0 aromatic carbocycles. The summed E-state index contributed by atoms with van der Waals surface area (Å²) in [5.74, 6) is 0. The third kappa shape index (κ3) is 2.60. The van der Waals surface area contributed by atoms with Crippen LogP contribution < -0.4 is 5.73 Å². The molecule has 15 heavy (non-hydrogen) atoms. The predicted octanol–water partition coefficient (Wildman–Crippen LogP) is 2.54. The molecule has 0 radical (unpaired) electrons. The molecule has 3 heteroatoms. The van der Waals surface area contributed by atoms with Crippen molar-refractivity contribution in [1.82, 2.24) is 4.90 Å². The zero-order valence-electron chi connectivity index (χ0n) is 9.57. The smallest absolute Gasteiger partial charge is 0.0414 e. The van der Waals surface area contributed by atoms with E-state index in [0.29, 0.717) is 12.1 Å². The first kappa shape index (κ1) is 11.1. The van der Waals surface area contributed by atoms with Gasteiger partial charge in [0.05, 0.1) is 0 Å². The molecule has 1 aromatic heterocycles. The normalized spacial score (nSPS) is 25.4. The van der Waals surface area contributed by atoms with Gasteiger partial charge in [-0.05, 0) is 45.4 Å². The van der Waals surface area contributed by atoms with Gasteiger partial charge < -0.3 is 5.73 Å². The van der Waals surface area contributed by atoms with Gasteiger partial charge in [-0.1, -0.05) is 0 Å². The van der Waals surface area contributed by atoms with Gasteiger partial charge in [0.1, 0.15) is 0 Å². The van der Waals surface area contributed by atoms with Gasteiger partial charge in [-0.2, -0.15) is 0 Å². The second kappa shape index (κ2) is 4.64. The Morgan fingerprint density at radius 1 is 1.53 bits per heavy atom. The van der Waals surface area contributed by atoms with Crippen LogP contribution in [0.2, 0.25) is 0 Å². The van der Waals surface area contributed by atoms with Crippen molar-refractivity contribution in [3.63, 3.8) is 0 Å². The van der Waals surface area contributed by atoms with Gasteiger partial charge in [-0.3, -0.25) is 4.90 Å². The first-order valence-electron chi connectivity index (χ1n) is 5.73. The first-order valence-corrected chi connectivity index (χ1v) is 6.54. The van der Waals surface area contributed by atoms with Gasteiger partial charge >= 0.3 is 0 Å². The van der Waals surface area contributed by atoms with Gasteiger partial charge in [0.2, 0.25) is 0 Å². The molecule has 1 aliphatic rings. The quantitative estimate of drug-likeness (QED) is 0.836. The van der Waals surface area contributed by atoms with Gasteiger partial charge in [-0.25, -0.2) is 0 Å². The summed E-state index contributed by atoms with van der Waals surface area (Å²) in [6, 6.07) is 5.38. The number of aryl methyl sites for hydroxylation is 1. The van der Waals surface area contributed by atoms with E-state index in [1.807, 2.05) is 11.3 Å². The van der Waals surface area contributed by atoms with Crippen LogP contribution in [0.1, 0.15) is 35.6 Å². The lowest BCUT2D eigenvalue weighted by atomic mass is 10.0. The van der Waals surface area contributed by atoms with Crippen molar-refractivity contribution in [1.29, 1.82) is 0 Å². The standard InChI is InChI=1S/C12H20N2S/c1-9-5-6-12(15-9)10(2)14-7-3-4-11(13)8-14/h5-6,10-11H,3-4,7-8,13H2,1-2H3. The van der Waals surface area contributed by atoms with Crippen LogP contribution >= 0.6 is 11.3 Å². The highest BCUT2D eigenvalue weighted by molar-refractivity contribution is 7.12. The maximum Gasteiger partial charge on any atom is 0.0414 e. The van der Waals surface area contributed by atoms with Crippen LogP contribution in [-0.4, -0.2) is 24.0 Å². The summed E-state index contributed by atoms with van der Waals surface area (Å²) in [6.07, 6.45) is 2.43. The fourth-order valence-corrected chi connectivity index (χ4v) is 3.21. The first-order chi connectivity index (χ1) is 7.16. The van der Waals surface area contributed by atoms with Gasteiger partial charge in [0.15, 0.2) is 0 Å². The van der Waals surface area contributed by atoms with E-state index in [9.17, 15) is 0 Å². The lowest BCUT2D eigenvalue weighted by Crippen LogP contribution is -2.43. The van der Waals surface area contributed by atoms with E-state index >= 15 is 0 Å². The Labute approximate surface area is 96.1 Å². The lowest BCUT2D eigenvalue weighted by Gasteiger charge is -2.34. The number of piperidine rings is 1. The Morgan fingerprint density at radius 2 is 2.33 bits per heavy atom. The summed E-state index contributed by atoms with van der Waals surface area (Å²) in [5.41, 5.74) is 6.01. The topological polar surface area (TPSA) is 29.3 Å². The van der Waals surface area contributed by atoms with Crippen LogP contribution in [0.4, 0.5) is 0 Å². The fraction of sp³-hybridized carbons (Fsp3) is 0.667. The summed E-state index contributed by atoms with van der Waals surface area (Å²) in [6.45, 7) is 6.72. The molecule has 0 saturated carbocycles. The zero-order valence-corrected chi connectivity index (χ0v) is 10.4. The lowest BCUT2D eigenvalue weighted by molar-refractivity contribution is 0.161. The molecule has 2 unspecified atom stereocenters. The fourth-order valence-electron chi connectivity index (χ4n) is 2.25. The van der Waals surface area contributed by atoms with Crippen LogP contribution in [0.25, 0.3) is 0 Å². The van der Waals surface area contributed by atoms with E-state index in [0.717, 1.165) is 6.54 Å². The molecule has 1 aliphatic heterocycles. The zero-order chi connectivity index (χ0) is 10.8. The van der Waals surface area contributed by atoms with Crippen molar-refractivity contribution in [3.05, 3.63) is 21.9 Å². The Balaban J connectivity index is 2.03. The van der Waals surface area contributed by atoms with Crippen molar-refractivity contribution in [3.8, 4) is 0 Å². The number of nitrogens with zero attached hydrogens (tertiary/aromatic N) is 1. The summed E-state index contributed by atoms with van der Waals surface area (Å²) in [5, 5.41) is 0. The maximum absolute atomic E-state index is 6.01. The number of hydrogen-bond donors (Lipinski definition) is 1. The van der Waals surface area contributed by atoms with E-state index in [2.05, 4.69) is 30.9 Å². The molecule has 2 N–H and O–H groups in total. The third-order valence-electron chi connectivity index (χ3n) is 3.21. The van der Waals surface area contributed by atoms with Crippen LogP contribution in [0, 0.1) is 6.92 Å². The Hall–Kier alpha value is -0.380. The Kier molecular flexibility index (Phi) is 3.44. The van der Waals surface area contributed by atoms with Gasteiger partial charge in [0.25, 0.3) is 0 Å². The number of hydrogen-bond acceptors (Lipinski definition) is 3. The second-order valence-corrected chi connectivity index (χ2v) is 5.84. The highest BCUT2D eigenvalue weighted by atomic mass is 32.1. The van der Waals surface area contributed by atoms with Crippen LogP contribution in [0.3, 0.4) is 0 Å². The molecular weight excluding hydrogens is 204 g/mol. The van der Waals surface area contributed by atoms with E-state index in [-0.39, 0.29) is 0 Å². The molecule has 1 fully saturated rings. The van der Waals surface area contributed by atoms with Gasteiger partial charge in [-0.15, -0.1) is 11.3 Å². The molecule has 1 aromatic rings. The molecule has 0 bridgehead atoms. The van der Waals surface area contributed by atoms with Crippen molar-refractivity contribution >= 4 is 11.3 Å². The molecule has 2 heterocycles. The molecular formula is C12H20N2S. The molecule has 2 nitrogen and oxygen atoms in total. The van der Waals surface area contributed by atoms with Crippen LogP contribution in [-0.2, 0) is 0 Å². The van der Waals surface area contributed by atoms with Crippen LogP contribution in [0.5, 0.6) is 0 Å². The average Bonchev–Trinajstić information content (AvgIpc) is 2.64. The van der Waals surface area contributed by atoms with Crippen molar-refractivity contribution in [2.75, 3.05) is 13.1 Å². The highest BCUT2D eigenvalue weighted by Gasteiger charge is 2.22. The average molecular weight is 224 g/mol. The summed E-state index contributed by atoms with van der Waals surface area (Å²) < 4.78 is 0. The van der Waals surface area contributed by atoms with Crippen molar-refractivity contribution in [2.24, 2.45) is 5.73 Å². The number of rotatable bonds is 2. The maximum atomic E-state index is 6.01. The highest BCUT2D eigenvalue weighted by Crippen LogP contribution is 2.28. The Bertz CT molecular complexity index is 321. The minimum Gasteiger partial charge on any atom is -0.327 e. The summed E-state index contributed by atoms with van der Waals surface area (Å²) >= 11 is 1.91. The monoisotopic (exact) mass is 224 g/mol.